The summed E-state index contributed by atoms with van der Waals surface area (Å²) < 4.78 is 4.92. The Morgan fingerprint density at radius 2 is 2.05 bits per heavy atom. The van der Waals surface area contributed by atoms with Crippen molar-refractivity contribution in [1.82, 2.24) is 4.90 Å². The second-order valence-corrected chi connectivity index (χ2v) is 4.17. The first kappa shape index (κ1) is 15.2. The normalized spacial score (nSPS) is 10.5. The van der Waals surface area contributed by atoms with Gasteiger partial charge in [0.1, 0.15) is 0 Å². The Bertz CT molecular complexity index is 446. The highest BCUT2D eigenvalue weighted by atomic mass is 16.5. The van der Waals surface area contributed by atoms with Crippen LogP contribution < -0.4 is 5.73 Å². The van der Waals surface area contributed by atoms with Crippen LogP contribution >= 0.6 is 0 Å². The molecule has 0 aromatic heterocycles. The maximum Gasteiger partial charge on any atom is 0.320 e. The Labute approximate surface area is 113 Å². The van der Waals surface area contributed by atoms with Gasteiger partial charge in [-0.05, 0) is 31.2 Å². The van der Waals surface area contributed by atoms with Crippen molar-refractivity contribution >= 4 is 11.9 Å². The van der Waals surface area contributed by atoms with E-state index in [2.05, 4.69) is 0 Å². The van der Waals surface area contributed by atoms with Crippen LogP contribution in [0, 0.1) is 0 Å². The fraction of sp³-hybridized carbons (Fsp3) is 0.429. The van der Waals surface area contributed by atoms with Crippen LogP contribution in [0.4, 0.5) is 0 Å². The topological polar surface area (TPSA) is 72.6 Å². The molecule has 0 saturated carbocycles. The molecule has 1 rings (SSSR count). The molecule has 1 aromatic carbocycles. The van der Waals surface area contributed by atoms with E-state index in [1.54, 1.807) is 25.1 Å². The number of carbonyl (C=O) groups is 2. The first-order valence-corrected chi connectivity index (χ1v) is 6.33. The number of nitrogens with zero attached hydrogens (tertiary/aromatic N) is 1. The monoisotopic (exact) mass is 264 g/mol. The van der Waals surface area contributed by atoms with Crippen molar-refractivity contribution in [3.63, 3.8) is 0 Å². The molecule has 0 aliphatic rings. The van der Waals surface area contributed by atoms with Gasteiger partial charge in [-0.15, -0.1) is 0 Å². The first-order chi connectivity index (χ1) is 9.06. The molecule has 0 fully saturated rings. The van der Waals surface area contributed by atoms with Gasteiger partial charge in [0.15, 0.2) is 0 Å². The Kier molecular flexibility index (Phi) is 6.02. The number of ether oxygens (including phenoxy) is 1. The van der Waals surface area contributed by atoms with Gasteiger partial charge in [0.25, 0.3) is 0 Å². The molecule has 104 valence electrons. The molecule has 0 spiro atoms. The number of nitrogens with two attached hydrogens (primary N) is 1. The van der Waals surface area contributed by atoms with E-state index in [1.807, 2.05) is 17.9 Å². The predicted molar refractivity (Wildman–Crippen MR) is 72.5 cm³/mol. The van der Waals surface area contributed by atoms with Crippen molar-refractivity contribution in [2.24, 2.45) is 5.73 Å². The summed E-state index contributed by atoms with van der Waals surface area (Å²) in [6.07, 6.45) is 0. The molecule has 5 nitrogen and oxygen atoms in total. The molecule has 1 amide bonds. The number of carbonyl (C=O) groups excluding carboxylic acids is 2. The molecule has 0 atom stereocenters. The first-order valence-electron chi connectivity index (χ1n) is 6.33. The molecule has 0 heterocycles. The molecule has 0 saturated heterocycles. The van der Waals surface area contributed by atoms with E-state index in [0.29, 0.717) is 18.7 Å². The zero-order valence-corrected chi connectivity index (χ0v) is 11.4. The minimum atomic E-state index is -0.449. The zero-order valence-electron chi connectivity index (χ0n) is 11.4. The number of hydrogen-bond donors (Lipinski definition) is 1. The van der Waals surface area contributed by atoms with E-state index in [0.717, 1.165) is 12.1 Å². The molecule has 1 aromatic rings. The molecule has 0 bridgehead atoms. The molecule has 0 radical (unpaired) electrons. The van der Waals surface area contributed by atoms with E-state index in [4.69, 9.17) is 10.5 Å². The van der Waals surface area contributed by atoms with Gasteiger partial charge in [-0.3, -0.25) is 14.5 Å². The summed E-state index contributed by atoms with van der Waals surface area (Å²) in [6, 6.07) is 7.11. The third-order valence-corrected chi connectivity index (χ3v) is 2.72. The lowest BCUT2D eigenvalue weighted by Crippen LogP contribution is -2.30. The molecule has 0 aliphatic carbocycles. The summed E-state index contributed by atoms with van der Waals surface area (Å²) in [5, 5.41) is 0. The number of likely N-dealkylation sites (N-methyl/N-ethyl adjacent to an activating group) is 1. The van der Waals surface area contributed by atoms with Crippen molar-refractivity contribution < 1.29 is 14.3 Å². The molecule has 5 heteroatoms. The van der Waals surface area contributed by atoms with Gasteiger partial charge in [0.2, 0.25) is 5.91 Å². The number of amides is 1. The molecule has 0 aliphatic heterocycles. The predicted octanol–water partition coefficient (Wildman–Crippen LogP) is 1.17. The van der Waals surface area contributed by atoms with Crippen molar-refractivity contribution in [3.05, 3.63) is 35.4 Å². The van der Waals surface area contributed by atoms with Crippen LogP contribution in [-0.4, -0.2) is 36.5 Å². The minimum absolute atomic E-state index is 0.240. The standard InChI is InChI=1S/C14H20N2O3/c1-3-16(10-13(17)19-4-2)9-11-6-5-7-12(8-11)14(15)18/h5-8H,3-4,9-10H2,1-2H3,(H2,15,18). The van der Waals surface area contributed by atoms with Gasteiger partial charge >= 0.3 is 5.97 Å². The van der Waals surface area contributed by atoms with Crippen LogP contribution in [0.1, 0.15) is 29.8 Å². The highest BCUT2D eigenvalue weighted by Crippen LogP contribution is 2.08. The quantitative estimate of drug-likeness (QED) is 0.750. The molecule has 19 heavy (non-hydrogen) atoms. The van der Waals surface area contributed by atoms with Gasteiger partial charge in [-0.25, -0.2) is 0 Å². The van der Waals surface area contributed by atoms with Crippen molar-refractivity contribution in [2.45, 2.75) is 20.4 Å². The fourth-order valence-electron chi connectivity index (χ4n) is 1.75. The number of esters is 1. The van der Waals surface area contributed by atoms with E-state index >= 15 is 0 Å². The number of rotatable bonds is 7. The smallest absolute Gasteiger partial charge is 0.320 e. The van der Waals surface area contributed by atoms with Crippen LogP contribution in [0.5, 0.6) is 0 Å². The lowest BCUT2D eigenvalue weighted by Gasteiger charge is -2.19. The SMILES string of the molecule is CCOC(=O)CN(CC)Cc1cccc(C(N)=O)c1. The third-order valence-electron chi connectivity index (χ3n) is 2.72. The second-order valence-electron chi connectivity index (χ2n) is 4.17. The summed E-state index contributed by atoms with van der Waals surface area (Å²) >= 11 is 0. The summed E-state index contributed by atoms with van der Waals surface area (Å²) in [7, 11) is 0. The molecular weight excluding hydrogens is 244 g/mol. The van der Waals surface area contributed by atoms with Crippen LogP contribution in [-0.2, 0) is 16.1 Å². The molecule has 2 N–H and O–H groups in total. The average molecular weight is 264 g/mol. The third kappa shape index (κ3) is 5.09. The maximum atomic E-state index is 11.4. The van der Waals surface area contributed by atoms with Gasteiger partial charge in [0.05, 0.1) is 13.2 Å². The largest absolute Gasteiger partial charge is 0.465 e. The van der Waals surface area contributed by atoms with Crippen molar-refractivity contribution in [2.75, 3.05) is 19.7 Å². The zero-order chi connectivity index (χ0) is 14.3. The average Bonchev–Trinajstić information content (AvgIpc) is 2.38. The number of benzene rings is 1. The highest BCUT2D eigenvalue weighted by molar-refractivity contribution is 5.92. The summed E-state index contributed by atoms with van der Waals surface area (Å²) in [5.41, 5.74) is 6.66. The van der Waals surface area contributed by atoms with Crippen LogP contribution in [0.15, 0.2) is 24.3 Å². The van der Waals surface area contributed by atoms with E-state index in [-0.39, 0.29) is 12.5 Å². The Balaban J connectivity index is 2.67. The van der Waals surface area contributed by atoms with E-state index in [1.165, 1.54) is 0 Å². The van der Waals surface area contributed by atoms with Crippen LogP contribution in [0.2, 0.25) is 0 Å². The van der Waals surface area contributed by atoms with Gasteiger partial charge < -0.3 is 10.5 Å². The number of hydrogen-bond acceptors (Lipinski definition) is 4. The summed E-state index contributed by atoms with van der Waals surface area (Å²) in [4.78, 5) is 24.5. The summed E-state index contributed by atoms with van der Waals surface area (Å²) in [6.45, 7) is 5.68. The summed E-state index contributed by atoms with van der Waals surface area (Å²) in [5.74, 6) is -0.689. The van der Waals surface area contributed by atoms with Gasteiger partial charge in [0, 0.05) is 12.1 Å². The lowest BCUT2D eigenvalue weighted by atomic mass is 10.1. The highest BCUT2D eigenvalue weighted by Gasteiger charge is 2.11. The fourth-order valence-corrected chi connectivity index (χ4v) is 1.75. The Hall–Kier alpha value is -1.88. The molecule has 0 unspecified atom stereocenters. The van der Waals surface area contributed by atoms with E-state index < -0.39 is 5.91 Å². The van der Waals surface area contributed by atoms with Gasteiger partial charge in [-0.1, -0.05) is 19.1 Å². The lowest BCUT2D eigenvalue weighted by molar-refractivity contribution is -0.144. The number of primary amides is 1. The van der Waals surface area contributed by atoms with E-state index in [9.17, 15) is 9.59 Å². The molecular formula is C14H20N2O3. The van der Waals surface area contributed by atoms with Crippen LogP contribution in [0.25, 0.3) is 0 Å². The van der Waals surface area contributed by atoms with Crippen molar-refractivity contribution in [1.29, 1.82) is 0 Å². The minimum Gasteiger partial charge on any atom is -0.465 e. The Morgan fingerprint density at radius 3 is 2.63 bits per heavy atom. The second kappa shape index (κ2) is 7.53. The van der Waals surface area contributed by atoms with Crippen LogP contribution in [0.3, 0.4) is 0 Å². The maximum absolute atomic E-state index is 11.4. The van der Waals surface area contributed by atoms with Crippen molar-refractivity contribution in [3.8, 4) is 0 Å². The van der Waals surface area contributed by atoms with Gasteiger partial charge in [-0.2, -0.15) is 0 Å². The Morgan fingerprint density at radius 1 is 1.32 bits per heavy atom.